The van der Waals surface area contributed by atoms with Gasteiger partial charge in [0.25, 0.3) is 0 Å². The Bertz CT molecular complexity index is 713. The first kappa shape index (κ1) is 15.6. The van der Waals surface area contributed by atoms with Crippen molar-refractivity contribution in [2.75, 3.05) is 11.9 Å². The number of hydrogen-bond acceptors (Lipinski definition) is 3. The van der Waals surface area contributed by atoms with E-state index in [1.54, 1.807) is 11.3 Å². The summed E-state index contributed by atoms with van der Waals surface area (Å²) in [5, 5.41) is 10.6. The molecule has 120 valence electrons. The molecule has 0 saturated heterocycles. The number of hydrogen-bond donors (Lipinski definition) is 3. The lowest BCUT2D eigenvalue weighted by molar-refractivity contribution is -0.115. The van der Waals surface area contributed by atoms with Crippen LogP contribution in [0.15, 0.2) is 35.7 Å². The molecule has 3 N–H and O–H groups in total. The van der Waals surface area contributed by atoms with Gasteiger partial charge in [0.15, 0.2) is 0 Å². The van der Waals surface area contributed by atoms with Gasteiger partial charge in [-0.25, -0.2) is 4.79 Å². The Kier molecular flexibility index (Phi) is 4.62. The van der Waals surface area contributed by atoms with Crippen LogP contribution in [-0.4, -0.2) is 18.5 Å². The number of anilines is 1. The Balaban J connectivity index is 1.50. The van der Waals surface area contributed by atoms with Gasteiger partial charge >= 0.3 is 6.03 Å². The standard InChI is InChI=1S/C17H19N3O2S/c1-11(12-4-5-15-13(9-12)10-16(21)20-15)19-17(22)18-7-6-14-3-2-8-23-14/h2-5,8-9,11H,6-7,10H2,1H3,(H,20,21)(H2,18,19,22). The molecule has 0 aliphatic carbocycles. The van der Waals surface area contributed by atoms with Gasteiger partial charge in [-0.3, -0.25) is 4.79 Å². The lowest BCUT2D eigenvalue weighted by atomic mass is 10.0. The molecule has 1 aliphatic heterocycles. The van der Waals surface area contributed by atoms with Crippen molar-refractivity contribution in [3.63, 3.8) is 0 Å². The Morgan fingerprint density at radius 1 is 1.39 bits per heavy atom. The maximum Gasteiger partial charge on any atom is 0.315 e. The number of carbonyl (C=O) groups is 2. The molecule has 1 atom stereocenters. The molecule has 1 aliphatic rings. The number of amides is 3. The second-order valence-electron chi connectivity index (χ2n) is 5.59. The normalized spacial score (nSPS) is 14.0. The molecule has 23 heavy (non-hydrogen) atoms. The van der Waals surface area contributed by atoms with Crippen molar-refractivity contribution in [3.05, 3.63) is 51.7 Å². The molecule has 1 aromatic heterocycles. The lowest BCUT2D eigenvalue weighted by Crippen LogP contribution is -2.38. The molecule has 3 rings (SSSR count). The third-order valence-electron chi connectivity index (χ3n) is 3.84. The molecule has 3 amide bonds. The van der Waals surface area contributed by atoms with Crippen LogP contribution >= 0.6 is 11.3 Å². The average molecular weight is 329 g/mol. The van der Waals surface area contributed by atoms with Gasteiger partial charge in [-0.1, -0.05) is 18.2 Å². The van der Waals surface area contributed by atoms with Crippen LogP contribution in [0.4, 0.5) is 10.5 Å². The van der Waals surface area contributed by atoms with Crippen LogP contribution in [0.2, 0.25) is 0 Å². The van der Waals surface area contributed by atoms with Gasteiger partial charge in [0.2, 0.25) is 5.91 Å². The first-order valence-corrected chi connectivity index (χ1v) is 8.49. The number of carbonyl (C=O) groups excluding carboxylic acids is 2. The smallest absolute Gasteiger partial charge is 0.315 e. The van der Waals surface area contributed by atoms with Crippen LogP contribution in [0, 0.1) is 0 Å². The zero-order valence-corrected chi connectivity index (χ0v) is 13.7. The fourth-order valence-electron chi connectivity index (χ4n) is 2.60. The summed E-state index contributed by atoms with van der Waals surface area (Å²) in [6.45, 7) is 2.55. The monoisotopic (exact) mass is 329 g/mol. The summed E-state index contributed by atoms with van der Waals surface area (Å²) in [6.07, 6.45) is 1.25. The van der Waals surface area contributed by atoms with E-state index in [2.05, 4.69) is 22.0 Å². The number of urea groups is 1. The van der Waals surface area contributed by atoms with Crippen molar-refractivity contribution in [2.24, 2.45) is 0 Å². The van der Waals surface area contributed by atoms with Gasteiger partial charge in [0.05, 0.1) is 12.5 Å². The Morgan fingerprint density at radius 2 is 2.26 bits per heavy atom. The van der Waals surface area contributed by atoms with Gasteiger partial charge in [-0.2, -0.15) is 0 Å². The number of benzene rings is 1. The first-order valence-electron chi connectivity index (χ1n) is 7.61. The van der Waals surface area contributed by atoms with Crippen molar-refractivity contribution >= 4 is 29.0 Å². The number of thiophene rings is 1. The van der Waals surface area contributed by atoms with Crippen molar-refractivity contribution < 1.29 is 9.59 Å². The quantitative estimate of drug-likeness (QED) is 0.789. The SMILES string of the molecule is CC(NC(=O)NCCc1cccs1)c1ccc2c(c1)CC(=O)N2. The number of nitrogens with one attached hydrogen (secondary N) is 3. The Morgan fingerprint density at radius 3 is 3.04 bits per heavy atom. The van der Waals surface area contributed by atoms with E-state index in [0.29, 0.717) is 13.0 Å². The fraction of sp³-hybridized carbons (Fsp3) is 0.294. The van der Waals surface area contributed by atoms with E-state index in [0.717, 1.165) is 23.2 Å². The second-order valence-corrected chi connectivity index (χ2v) is 6.63. The second kappa shape index (κ2) is 6.83. The van der Waals surface area contributed by atoms with E-state index in [-0.39, 0.29) is 18.0 Å². The molecule has 1 aromatic carbocycles. The Hall–Kier alpha value is -2.34. The van der Waals surface area contributed by atoms with E-state index >= 15 is 0 Å². The van der Waals surface area contributed by atoms with E-state index in [4.69, 9.17) is 0 Å². The molecule has 0 bridgehead atoms. The lowest BCUT2D eigenvalue weighted by Gasteiger charge is -2.16. The molecular weight excluding hydrogens is 310 g/mol. The van der Waals surface area contributed by atoms with Crippen molar-refractivity contribution in [2.45, 2.75) is 25.8 Å². The molecule has 0 fully saturated rings. The number of rotatable bonds is 5. The van der Waals surface area contributed by atoms with Crippen molar-refractivity contribution in [1.29, 1.82) is 0 Å². The average Bonchev–Trinajstić information content (AvgIpc) is 3.14. The fourth-order valence-corrected chi connectivity index (χ4v) is 3.31. The molecule has 0 saturated carbocycles. The van der Waals surface area contributed by atoms with E-state index in [1.807, 2.05) is 36.6 Å². The van der Waals surface area contributed by atoms with Crippen LogP contribution in [0.1, 0.15) is 29.0 Å². The highest BCUT2D eigenvalue weighted by atomic mass is 32.1. The van der Waals surface area contributed by atoms with Crippen molar-refractivity contribution in [1.82, 2.24) is 10.6 Å². The third kappa shape index (κ3) is 3.90. The predicted octanol–water partition coefficient (Wildman–Crippen LogP) is 2.85. The minimum atomic E-state index is -0.177. The summed E-state index contributed by atoms with van der Waals surface area (Å²) >= 11 is 1.69. The summed E-state index contributed by atoms with van der Waals surface area (Å²) in [6, 6.07) is 9.58. The van der Waals surface area contributed by atoms with Crippen LogP contribution in [0.25, 0.3) is 0 Å². The molecule has 6 heteroatoms. The maximum absolute atomic E-state index is 12.0. The highest BCUT2D eigenvalue weighted by Crippen LogP contribution is 2.26. The first-order chi connectivity index (χ1) is 11.1. The zero-order valence-electron chi connectivity index (χ0n) is 12.9. The summed E-state index contributed by atoms with van der Waals surface area (Å²) in [7, 11) is 0. The zero-order chi connectivity index (χ0) is 16.2. The predicted molar refractivity (Wildman–Crippen MR) is 91.7 cm³/mol. The molecule has 0 radical (unpaired) electrons. The molecule has 2 heterocycles. The van der Waals surface area contributed by atoms with Gasteiger partial charge in [0, 0.05) is 17.1 Å². The molecular formula is C17H19N3O2S. The topological polar surface area (TPSA) is 70.2 Å². The summed E-state index contributed by atoms with van der Waals surface area (Å²) in [4.78, 5) is 24.6. The van der Waals surface area contributed by atoms with Gasteiger partial charge in [0.1, 0.15) is 0 Å². The summed E-state index contributed by atoms with van der Waals surface area (Å²) < 4.78 is 0. The van der Waals surface area contributed by atoms with Crippen LogP contribution in [0.5, 0.6) is 0 Å². The maximum atomic E-state index is 12.0. The van der Waals surface area contributed by atoms with Gasteiger partial charge in [-0.05, 0) is 42.0 Å². The van der Waals surface area contributed by atoms with E-state index < -0.39 is 0 Å². The van der Waals surface area contributed by atoms with Gasteiger partial charge < -0.3 is 16.0 Å². The highest BCUT2D eigenvalue weighted by molar-refractivity contribution is 7.09. The third-order valence-corrected chi connectivity index (χ3v) is 4.78. The van der Waals surface area contributed by atoms with Crippen LogP contribution in [-0.2, 0) is 17.6 Å². The van der Waals surface area contributed by atoms with E-state index in [1.165, 1.54) is 4.88 Å². The summed E-state index contributed by atoms with van der Waals surface area (Å²) in [5.74, 6) is 0.0177. The van der Waals surface area contributed by atoms with E-state index in [9.17, 15) is 9.59 Å². The van der Waals surface area contributed by atoms with Crippen LogP contribution in [0.3, 0.4) is 0 Å². The molecule has 1 unspecified atom stereocenters. The Labute approximate surface area is 139 Å². The number of fused-ring (bicyclic) bond motifs is 1. The van der Waals surface area contributed by atoms with Crippen molar-refractivity contribution in [3.8, 4) is 0 Å². The minimum absolute atomic E-state index is 0.0177. The summed E-state index contributed by atoms with van der Waals surface area (Å²) in [5.41, 5.74) is 2.85. The van der Waals surface area contributed by atoms with Gasteiger partial charge in [-0.15, -0.1) is 11.3 Å². The molecule has 2 aromatic rings. The minimum Gasteiger partial charge on any atom is -0.338 e. The molecule has 0 spiro atoms. The highest BCUT2D eigenvalue weighted by Gasteiger charge is 2.19. The molecule has 5 nitrogen and oxygen atoms in total. The largest absolute Gasteiger partial charge is 0.338 e. The van der Waals surface area contributed by atoms with Crippen LogP contribution < -0.4 is 16.0 Å².